The molecule has 0 atom stereocenters. The Kier molecular flexibility index (Phi) is 6.77. The molecule has 1 amide bonds. The van der Waals surface area contributed by atoms with Gasteiger partial charge in [0.15, 0.2) is 0 Å². The molecule has 0 unspecified atom stereocenters. The average molecular weight is 573 g/mol. The molecule has 0 spiro atoms. The zero-order valence-electron chi connectivity index (χ0n) is 20.3. The number of nitrogens with one attached hydrogen (secondary N) is 1. The highest BCUT2D eigenvalue weighted by molar-refractivity contribution is 7.92. The molecule has 5 rings (SSSR count). The molecule has 4 aromatic carbocycles. The third-order valence-electron chi connectivity index (χ3n) is 6.11. The van der Waals surface area contributed by atoms with Crippen LogP contribution in [0.4, 0.5) is 24.5 Å². The van der Waals surface area contributed by atoms with Crippen molar-refractivity contribution in [1.29, 1.82) is 0 Å². The molecule has 0 fully saturated rings. The van der Waals surface area contributed by atoms with Crippen molar-refractivity contribution >= 4 is 60.8 Å². The Morgan fingerprint density at radius 3 is 2.31 bits per heavy atom. The van der Waals surface area contributed by atoms with E-state index in [2.05, 4.69) is 5.32 Å². The molecule has 5 aromatic rings. The molecule has 6 nitrogen and oxygen atoms in total. The number of carbonyl (C=O) groups excluding carboxylic acids is 1. The van der Waals surface area contributed by atoms with Gasteiger partial charge in [-0.3, -0.25) is 9.10 Å². The summed E-state index contributed by atoms with van der Waals surface area (Å²) in [5, 5.41) is 4.50. The molecular weight excluding hydrogens is 553 g/mol. The van der Waals surface area contributed by atoms with Gasteiger partial charge < -0.3 is 9.73 Å². The predicted molar refractivity (Wildman–Crippen MR) is 146 cm³/mol. The predicted octanol–water partition coefficient (Wildman–Crippen LogP) is 7.48. The molecule has 0 saturated heterocycles. The molecule has 1 heterocycles. The van der Waals surface area contributed by atoms with E-state index in [0.29, 0.717) is 27.2 Å². The highest BCUT2D eigenvalue weighted by atomic mass is 35.5. The van der Waals surface area contributed by atoms with Gasteiger partial charge in [0.05, 0.1) is 24.1 Å². The number of carbonyl (C=O) groups is 1. The summed E-state index contributed by atoms with van der Waals surface area (Å²) in [5.74, 6) is -0.422. The van der Waals surface area contributed by atoms with Crippen molar-refractivity contribution in [2.75, 3.05) is 15.9 Å². The molecule has 1 aromatic heterocycles. The van der Waals surface area contributed by atoms with E-state index in [-0.39, 0.29) is 17.1 Å². The van der Waals surface area contributed by atoms with Crippen LogP contribution in [-0.2, 0) is 22.7 Å². The van der Waals surface area contributed by atoms with Crippen molar-refractivity contribution < 1.29 is 30.8 Å². The zero-order chi connectivity index (χ0) is 27.9. The van der Waals surface area contributed by atoms with E-state index in [4.69, 9.17) is 16.0 Å². The lowest BCUT2D eigenvalue weighted by molar-refractivity contribution is -0.137. The van der Waals surface area contributed by atoms with Crippen LogP contribution in [0, 0.1) is 0 Å². The highest BCUT2D eigenvalue weighted by Crippen LogP contribution is 2.39. The Balaban J connectivity index is 1.36. The Bertz CT molecular complexity index is 1820. The number of anilines is 2. The van der Waals surface area contributed by atoms with E-state index in [1.165, 1.54) is 30.3 Å². The summed E-state index contributed by atoms with van der Waals surface area (Å²) >= 11 is 5.74. The lowest BCUT2D eigenvalue weighted by Crippen LogP contribution is -2.31. The summed E-state index contributed by atoms with van der Waals surface area (Å²) in [5.41, 5.74) is 0.804. The van der Waals surface area contributed by atoms with Gasteiger partial charge in [-0.05, 0) is 54.1 Å². The second-order valence-corrected chi connectivity index (χ2v) is 11.2. The zero-order valence-corrected chi connectivity index (χ0v) is 21.9. The number of nitrogens with zero attached hydrogens (tertiary/aromatic N) is 1. The standard InChI is InChI=1S/C28H20ClF3N2O4S/c1-39(36,37)34(24-13-10-19(29)14-23(24)28(30,31)32)16-17-6-8-18(9-7-17)27(35)33-20-11-12-22-21-4-2-3-5-25(21)38-26(22)15-20/h2-15H,16H2,1H3,(H,33,35). The first-order valence-corrected chi connectivity index (χ1v) is 13.8. The quantitative estimate of drug-likeness (QED) is 0.229. The van der Waals surface area contributed by atoms with Crippen LogP contribution in [0.2, 0.25) is 5.02 Å². The van der Waals surface area contributed by atoms with Crippen LogP contribution in [0.1, 0.15) is 21.5 Å². The van der Waals surface area contributed by atoms with Gasteiger partial charge in [0.25, 0.3) is 5.91 Å². The van der Waals surface area contributed by atoms with Crippen LogP contribution in [0.5, 0.6) is 0 Å². The normalized spacial score (nSPS) is 12.1. The number of para-hydroxylation sites is 1. The molecule has 0 radical (unpaired) electrons. The van der Waals surface area contributed by atoms with Crippen LogP contribution in [-0.4, -0.2) is 20.6 Å². The Morgan fingerprint density at radius 2 is 1.62 bits per heavy atom. The number of halogens is 4. The fraction of sp³-hybridized carbons (Fsp3) is 0.107. The number of sulfonamides is 1. The summed E-state index contributed by atoms with van der Waals surface area (Å²) in [6.45, 7) is -0.381. The number of alkyl halides is 3. The summed E-state index contributed by atoms with van der Waals surface area (Å²) in [4.78, 5) is 12.8. The number of amides is 1. The minimum Gasteiger partial charge on any atom is -0.456 e. The van der Waals surface area contributed by atoms with Crippen molar-refractivity contribution in [2.24, 2.45) is 0 Å². The van der Waals surface area contributed by atoms with Gasteiger partial charge in [0.2, 0.25) is 10.0 Å². The highest BCUT2D eigenvalue weighted by Gasteiger charge is 2.37. The Labute approximate surface area is 226 Å². The number of hydrogen-bond donors (Lipinski definition) is 1. The van der Waals surface area contributed by atoms with Crippen molar-refractivity contribution in [3.05, 3.63) is 107 Å². The van der Waals surface area contributed by atoms with E-state index in [1.807, 2.05) is 30.3 Å². The molecule has 200 valence electrons. The van der Waals surface area contributed by atoms with Gasteiger partial charge in [-0.2, -0.15) is 13.2 Å². The van der Waals surface area contributed by atoms with Gasteiger partial charge in [-0.25, -0.2) is 8.42 Å². The maximum Gasteiger partial charge on any atom is 0.418 e. The molecule has 11 heteroatoms. The minimum atomic E-state index is -4.82. The lowest BCUT2D eigenvalue weighted by Gasteiger charge is -2.26. The largest absolute Gasteiger partial charge is 0.456 e. The van der Waals surface area contributed by atoms with Crippen LogP contribution >= 0.6 is 11.6 Å². The third-order valence-corrected chi connectivity index (χ3v) is 7.47. The summed E-state index contributed by atoms with van der Waals surface area (Å²) in [6.07, 6.45) is -4.00. The monoisotopic (exact) mass is 572 g/mol. The van der Waals surface area contributed by atoms with Crippen LogP contribution in [0.3, 0.4) is 0 Å². The first-order chi connectivity index (χ1) is 18.4. The fourth-order valence-corrected chi connectivity index (χ4v) is 5.34. The van der Waals surface area contributed by atoms with Gasteiger partial charge in [0, 0.05) is 33.1 Å². The summed E-state index contributed by atoms with van der Waals surface area (Å²) in [7, 11) is -4.10. The number of furan rings is 1. The Hall–Kier alpha value is -4.02. The second-order valence-electron chi connectivity index (χ2n) is 8.89. The molecule has 0 aliphatic rings. The first-order valence-electron chi connectivity index (χ1n) is 11.6. The van der Waals surface area contributed by atoms with Crippen molar-refractivity contribution in [3.63, 3.8) is 0 Å². The maximum absolute atomic E-state index is 13.6. The van der Waals surface area contributed by atoms with Crippen molar-refractivity contribution in [3.8, 4) is 0 Å². The van der Waals surface area contributed by atoms with E-state index >= 15 is 0 Å². The van der Waals surface area contributed by atoms with Crippen molar-refractivity contribution in [2.45, 2.75) is 12.7 Å². The van der Waals surface area contributed by atoms with Crippen molar-refractivity contribution in [1.82, 2.24) is 0 Å². The maximum atomic E-state index is 13.6. The Morgan fingerprint density at radius 1 is 0.923 bits per heavy atom. The number of benzene rings is 4. The number of fused-ring (bicyclic) bond motifs is 3. The molecule has 39 heavy (non-hydrogen) atoms. The number of rotatable bonds is 6. The van der Waals surface area contributed by atoms with Crippen LogP contribution in [0.25, 0.3) is 21.9 Å². The molecule has 0 bridgehead atoms. The van der Waals surface area contributed by atoms with Gasteiger partial charge in [0.1, 0.15) is 11.2 Å². The molecule has 1 N–H and O–H groups in total. The average Bonchev–Trinajstić information content (AvgIpc) is 3.24. The first kappa shape index (κ1) is 26.6. The van der Waals surface area contributed by atoms with E-state index in [0.717, 1.165) is 28.7 Å². The van der Waals surface area contributed by atoms with E-state index < -0.39 is 33.4 Å². The minimum absolute atomic E-state index is 0.172. The van der Waals surface area contributed by atoms with E-state index in [9.17, 15) is 26.4 Å². The van der Waals surface area contributed by atoms with E-state index in [1.54, 1.807) is 12.1 Å². The van der Waals surface area contributed by atoms with Gasteiger partial charge >= 0.3 is 6.18 Å². The summed E-state index contributed by atoms with van der Waals surface area (Å²) in [6, 6.07) is 21.7. The van der Waals surface area contributed by atoms with Gasteiger partial charge in [-0.15, -0.1) is 0 Å². The lowest BCUT2D eigenvalue weighted by atomic mass is 10.1. The third kappa shape index (κ3) is 5.57. The smallest absolute Gasteiger partial charge is 0.418 e. The number of hydrogen-bond acceptors (Lipinski definition) is 4. The second kappa shape index (κ2) is 9.94. The van der Waals surface area contributed by atoms with Gasteiger partial charge in [-0.1, -0.05) is 41.9 Å². The SMILES string of the molecule is CS(=O)(=O)N(Cc1ccc(C(=O)Nc2ccc3c(c2)oc2ccccc23)cc1)c1ccc(Cl)cc1C(F)(F)F. The molecular formula is C28H20ClF3N2O4S. The molecule has 0 aliphatic heterocycles. The van der Waals surface area contributed by atoms with Crippen LogP contribution < -0.4 is 9.62 Å². The molecule has 0 aliphatic carbocycles. The fourth-order valence-electron chi connectivity index (χ4n) is 4.27. The molecule has 0 saturated carbocycles. The van der Waals surface area contributed by atoms with Crippen LogP contribution in [0.15, 0.2) is 89.3 Å². The summed E-state index contributed by atoms with van der Waals surface area (Å²) < 4.78 is 72.4. The topological polar surface area (TPSA) is 79.6 Å².